The average molecular weight is 407 g/mol. The highest BCUT2D eigenvalue weighted by Gasteiger charge is 2.33. The van der Waals surface area contributed by atoms with Gasteiger partial charge in [0.2, 0.25) is 0 Å². The maximum atomic E-state index is 12.6. The van der Waals surface area contributed by atoms with Gasteiger partial charge in [0.1, 0.15) is 6.29 Å². The number of piperidine rings is 1. The molecule has 2 saturated heterocycles. The smallest absolute Gasteiger partial charge is 0.317 e. The second kappa shape index (κ2) is 10.4. The van der Waals surface area contributed by atoms with Gasteiger partial charge in [-0.15, -0.1) is 0 Å². The summed E-state index contributed by atoms with van der Waals surface area (Å²) in [6.45, 7) is 5.49. The maximum absolute atomic E-state index is 12.6. The van der Waals surface area contributed by atoms with Crippen LogP contribution in [0.1, 0.15) is 71.1 Å². The summed E-state index contributed by atoms with van der Waals surface area (Å²) in [6, 6.07) is 0.655. The van der Waals surface area contributed by atoms with E-state index < -0.39 is 0 Å². The summed E-state index contributed by atoms with van der Waals surface area (Å²) in [4.78, 5) is 12.6. The molecular weight excluding hydrogens is 364 g/mol. The molecule has 4 aliphatic rings. The van der Waals surface area contributed by atoms with Crippen molar-refractivity contribution in [3.05, 3.63) is 0 Å². The standard InChI is InChI=1S/C22H42N6O/c1-15-11-20(24-14-16-5-4-10-23-13-16)27-21(25-15)28-22(29)26-19-9-8-17-6-2-3-7-18(17)12-19/h15-21,23-25,27H,2-14H2,1H3,(H2,26,28,29). The fraction of sp³-hybridized carbons (Fsp3) is 0.955. The second-order valence-corrected chi connectivity index (χ2v) is 10.0. The van der Waals surface area contributed by atoms with Gasteiger partial charge in [0, 0.05) is 18.6 Å². The van der Waals surface area contributed by atoms with E-state index in [1.54, 1.807) is 0 Å². The Kier molecular flexibility index (Phi) is 7.67. The number of hydrogen-bond donors (Lipinski definition) is 6. The molecule has 7 unspecified atom stereocenters. The van der Waals surface area contributed by atoms with Crippen molar-refractivity contribution in [1.29, 1.82) is 0 Å². The Labute approximate surface area is 176 Å². The van der Waals surface area contributed by atoms with E-state index in [-0.39, 0.29) is 18.5 Å². The molecule has 0 spiro atoms. The van der Waals surface area contributed by atoms with Crippen LogP contribution in [-0.2, 0) is 0 Å². The van der Waals surface area contributed by atoms with Crippen LogP contribution in [0.4, 0.5) is 4.79 Å². The van der Waals surface area contributed by atoms with Gasteiger partial charge in [0.15, 0.2) is 0 Å². The molecule has 7 atom stereocenters. The van der Waals surface area contributed by atoms with E-state index in [0.29, 0.717) is 18.0 Å². The summed E-state index contributed by atoms with van der Waals surface area (Å²) in [7, 11) is 0. The molecule has 166 valence electrons. The zero-order valence-electron chi connectivity index (χ0n) is 18.1. The van der Waals surface area contributed by atoms with Crippen LogP contribution in [0.5, 0.6) is 0 Å². The highest BCUT2D eigenvalue weighted by atomic mass is 16.2. The van der Waals surface area contributed by atoms with Crippen molar-refractivity contribution >= 4 is 6.03 Å². The van der Waals surface area contributed by atoms with Gasteiger partial charge in [0.05, 0.1) is 6.17 Å². The van der Waals surface area contributed by atoms with E-state index in [2.05, 4.69) is 38.8 Å². The molecule has 6 N–H and O–H groups in total. The summed E-state index contributed by atoms with van der Waals surface area (Å²) in [5.41, 5.74) is 0. The number of nitrogens with one attached hydrogen (secondary N) is 6. The molecule has 2 saturated carbocycles. The van der Waals surface area contributed by atoms with Crippen LogP contribution in [0.2, 0.25) is 0 Å². The topological polar surface area (TPSA) is 89.2 Å². The van der Waals surface area contributed by atoms with Crippen molar-refractivity contribution < 1.29 is 4.79 Å². The monoisotopic (exact) mass is 406 g/mol. The number of rotatable bonds is 5. The minimum absolute atomic E-state index is 0.0430. The van der Waals surface area contributed by atoms with Gasteiger partial charge in [-0.2, -0.15) is 0 Å². The molecule has 29 heavy (non-hydrogen) atoms. The summed E-state index contributed by atoms with van der Waals surface area (Å²) < 4.78 is 0. The Morgan fingerprint density at radius 1 is 0.931 bits per heavy atom. The number of hydrogen-bond acceptors (Lipinski definition) is 5. The summed E-state index contributed by atoms with van der Waals surface area (Å²) in [5.74, 6) is 2.45. The van der Waals surface area contributed by atoms with Crippen molar-refractivity contribution in [2.45, 2.75) is 95.7 Å². The number of carbonyl (C=O) groups excluding carboxylic acids is 1. The van der Waals surface area contributed by atoms with Gasteiger partial charge in [-0.05, 0) is 76.3 Å². The first-order chi connectivity index (χ1) is 14.2. The third-order valence-electron chi connectivity index (χ3n) is 7.61. The molecule has 2 amide bonds. The fourth-order valence-corrected chi connectivity index (χ4v) is 6.02. The predicted octanol–water partition coefficient (Wildman–Crippen LogP) is 1.81. The Hall–Kier alpha value is -0.890. The van der Waals surface area contributed by atoms with Crippen LogP contribution in [-0.4, -0.2) is 50.2 Å². The van der Waals surface area contributed by atoms with Gasteiger partial charge in [-0.1, -0.05) is 25.7 Å². The van der Waals surface area contributed by atoms with Crippen molar-refractivity contribution in [2.75, 3.05) is 19.6 Å². The average Bonchev–Trinajstić information content (AvgIpc) is 2.72. The summed E-state index contributed by atoms with van der Waals surface area (Å²) >= 11 is 0. The molecule has 0 bridgehead atoms. The molecule has 2 aliphatic heterocycles. The van der Waals surface area contributed by atoms with Crippen molar-refractivity contribution in [3.63, 3.8) is 0 Å². The van der Waals surface area contributed by atoms with E-state index in [1.165, 1.54) is 51.4 Å². The van der Waals surface area contributed by atoms with Crippen molar-refractivity contribution in [2.24, 2.45) is 17.8 Å². The zero-order chi connectivity index (χ0) is 20.1. The predicted molar refractivity (Wildman–Crippen MR) is 116 cm³/mol. The van der Waals surface area contributed by atoms with Gasteiger partial charge in [-0.25, -0.2) is 4.79 Å². The summed E-state index contributed by atoms with van der Waals surface area (Å²) in [6.07, 6.45) is 12.8. The minimum Gasteiger partial charge on any atom is -0.335 e. The SMILES string of the molecule is CC1CC(NCC2CCCNC2)NC(NC(=O)NC2CCC3CCCCC3C2)N1. The van der Waals surface area contributed by atoms with E-state index in [0.717, 1.165) is 44.3 Å². The fourth-order valence-electron chi connectivity index (χ4n) is 6.02. The molecular formula is C22H42N6O. The molecule has 2 heterocycles. The van der Waals surface area contributed by atoms with E-state index in [9.17, 15) is 4.79 Å². The number of urea groups is 1. The molecule has 0 aromatic rings. The molecule has 0 aromatic carbocycles. The third kappa shape index (κ3) is 6.29. The molecule has 7 heteroatoms. The lowest BCUT2D eigenvalue weighted by Crippen LogP contribution is -2.68. The largest absolute Gasteiger partial charge is 0.335 e. The Morgan fingerprint density at radius 3 is 2.62 bits per heavy atom. The van der Waals surface area contributed by atoms with Crippen LogP contribution >= 0.6 is 0 Å². The Morgan fingerprint density at radius 2 is 1.79 bits per heavy atom. The maximum Gasteiger partial charge on any atom is 0.317 e. The quantitative estimate of drug-likeness (QED) is 0.419. The first-order valence-electron chi connectivity index (χ1n) is 12.2. The van der Waals surface area contributed by atoms with Gasteiger partial charge in [0.25, 0.3) is 0 Å². The van der Waals surface area contributed by atoms with Crippen molar-refractivity contribution in [1.82, 2.24) is 31.9 Å². The zero-order valence-corrected chi connectivity index (χ0v) is 18.1. The molecule has 0 aromatic heterocycles. The first-order valence-corrected chi connectivity index (χ1v) is 12.2. The normalized spacial score (nSPS) is 40.7. The lowest BCUT2D eigenvalue weighted by molar-refractivity contribution is 0.141. The van der Waals surface area contributed by atoms with Gasteiger partial charge >= 0.3 is 6.03 Å². The number of fused-ring (bicyclic) bond motifs is 1. The highest BCUT2D eigenvalue weighted by molar-refractivity contribution is 5.74. The number of carbonyl (C=O) groups is 1. The van der Waals surface area contributed by atoms with Crippen LogP contribution in [0.3, 0.4) is 0 Å². The third-order valence-corrected chi connectivity index (χ3v) is 7.61. The Balaban J connectivity index is 1.19. The lowest BCUT2D eigenvalue weighted by atomic mass is 9.69. The molecule has 2 aliphatic carbocycles. The summed E-state index contributed by atoms with van der Waals surface area (Å²) in [5, 5.41) is 20.5. The van der Waals surface area contributed by atoms with E-state index in [4.69, 9.17) is 0 Å². The molecule has 4 rings (SSSR count). The number of amides is 2. The minimum atomic E-state index is -0.188. The van der Waals surface area contributed by atoms with Gasteiger partial charge < -0.3 is 21.3 Å². The van der Waals surface area contributed by atoms with Crippen LogP contribution in [0.15, 0.2) is 0 Å². The molecule has 0 radical (unpaired) electrons. The van der Waals surface area contributed by atoms with E-state index in [1.807, 2.05) is 0 Å². The van der Waals surface area contributed by atoms with Crippen molar-refractivity contribution in [3.8, 4) is 0 Å². The first kappa shape index (κ1) is 21.3. The Bertz CT molecular complexity index is 525. The molecule has 7 nitrogen and oxygen atoms in total. The van der Waals surface area contributed by atoms with Crippen LogP contribution in [0.25, 0.3) is 0 Å². The highest BCUT2D eigenvalue weighted by Crippen LogP contribution is 2.40. The van der Waals surface area contributed by atoms with Crippen LogP contribution in [0, 0.1) is 17.8 Å². The lowest BCUT2D eigenvalue weighted by Gasteiger charge is -2.40. The molecule has 4 fully saturated rings. The van der Waals surface area contributed by atoms with Gasteiger partial charge in [-0.3, -0.25) is 10.6 Å². The van der Waals surface area contributed by atoms with Crippen LogP contribution < -0.4 is 31.9 Å². The second-order valence-electron chi connectivity index (χ2n) is 10.0. The van der Waals surface area contributed by atoms with E-state index >= 15 is 0 Å².